The first-order valence-electron chi connectivity index (χ1n) is 9.86. The second-order valence-corrected chi connectivity index (χ2v) is 7.10. The van der Waals surface area contributed by atoms with Crippen molar-refractivity contribution in [3.8, 4) is 11.1 Å². The number of carbonyl (C=O) groups excluding carboxylic acids is 2. The fourth-order valence-electron chi connectivity index (χ4n) is 3.29. The Kier molecular flexibility index (Phi) is 5.85. The molecule has 4 nitrogen and oxygen atoms in total. The normalized spacial score (nSPS) is 10.5. The van der Waals surface area contributed by atoms with E-state index in [0.29, 0.717) is 12.8 Å². The van der Waals surface area contributed by atoms with Gasteiger partial charge in [-0.25, -0.2) is 9.59 Å². The topological polar surface area (TPSA) is 41.9 Å². The second kappa shape index (κ2) is 9.05. The summed E-state index contributed by atoms with van der Waals surface area (Å²) in [6, 6.07) is 27.2. The summed E-state index contributed by atoms with van der Waals surface area (Å²) in [6.45, 7) is 0. The highest BCUT2D eigenvalue weighted by Crippen LogP contribution is 2.21. The van der Waals surface area contributed by atoms with Crippen LogP contribution in [0.4, 0.5) is 0 Å². The third-order valence-electron chi connectivity index (χ3n) is 4.96. The van der Waals surface area contributed by atoms with Crippen LogP contribution in [0.15, 0.2) is 110 Å². The zero-order valence-electron chi connectivity index (χ0n) is 16.5. The average molecular weight is 394 g/mol. The standard InChI is InChI=1S/C26H22N2O2/c29-25(27-15-3-1-4-16-27)19-21-7-11-23(12-8-21)24-13-9-22(10-14-24)20-26(30)28-17-5-2-6-18-28/h1-18H,19-20H2/q+2. The molecule has 0 radical (unpaired) electrons. The van der Waals surface area contributed by atoms with Gasteiger partial charge in [0.15, 0.2) is 24.8 Å². The number of rotatable bonds is 5. The van der Waals surface area contributed by atoms with Crippen LogP contribution in [0.1, 0.15) is 20.7 Å². The van der Waals surface area contributed by atoms with E-state index in [9.17, 15) is 9.59 Å². The molecule has 0 aliphatic heterocycles. The Morgan fingerprint density at radius 3 is 1.17 bits per heavy atom. The molecule has 0 saturated heterocycles. The Labute approximate surface area is 175 Å². The van der Waals surface area contributed by atoms with Crippen LogP contribution in [-0.4, -0.2) is 11.8 Å². The van der Waals surface area contributed by atoms with Gasteiger partial charge in [-0.2, -0.15) is 0 Å². The van der Waals surface area contributed by atoms with Crippen molar-refractivity contribution in [1.82, 2.24) is 0 Å². The summed E-state index contributed by atoms with van der Waals surface area (Å²) in [5.41, 5.74) is 4.10. The second-order valence-electron chi connectivity index (χ2n) is 7.10. The first-order valence-corrected chi connectivity index (χ1v) is 9.86. The van der Waals surface area contributed by atoms with Crippen molar-refractivity contribution in [2.75, 3.05) is 0 Å². The molecular weight excluding hydrogens is 372 g/mol. The fourth-order valence-corrected chi connectivity index (χ4v) is 3.29. The van der Waals surface area contributed by atoms with Crippen molar-refractivity contribution in [2.45, 2.75) is 12.8 Å². The minimum absolute atomic E-state index is 0.0358. The molecule has 0 bridgehead atoms. The molecule has 30 heavy (non-hydrogen) atoms. The Morgan fingerprint density at radius 2 is 0.833 bits per heavy atom. The smallest absolute Gasteiger partial charge is 0.219 e. The van der Waals surface area contributed by atoms with E-state index in [4.69, 9.17) is 0 Å². The van der Waals surface area contributed by atoms with Gasteiger partial charge in [-0.15, -0.1) is 9.13 Å². The summed E-state index contributed by atoms with van der Waals surface area (Å²) in [5.74, 6) is 0.0716. The number of benzene rings is 2. The summed E-state index contributed by atoms with van der Waals surface area (Å²) < 4.78 is 3.20. The van der Waals surface area contributed by atoms with Crippen LogP contribution in [0, 0.1) is 0 Å². The lowest BCUT2D eigenvalue weighted by molar-refractivity contribution is -0.574. The molecule has 4 aromatic rings. The zero-order valence-corrected chi connectivity index (χ0v) is 16.5. The SMILES string of the molecule is O=C(Cc1ccc(-c2ccc(CC(=O)[n+]3ccccc3)cc2)cc1)[n+]1ccccc1. The van der Waals surface area contributed by atoms with Gasteiger partial charge in [0.05, 0.1) is 12.8 Å². The van der Waals surface area contributed by atoms with Gasteiger partial charge in [0.1, 0.15) is 0 Å². The predicted octanol–water partition coefficient (Wildman–Crippen LogP) is 3.69. The number of nitrogens with zero attached hydrogens (tertiary/aromatic N) is 2. The highest BCUT2D eigenvalue weighted by Gasteiger charge is 2.15. The van der Waals surface area contributed by atoms with E-state index in [2.05, 4.69) is 0 Å². The van der Waals surface area contributed by atoms with Crippen LogP contribution in [0.25, 0.3) is 11.1 Å². The van der Waals surface area contributed by atoms with Gasteiger partial charge in [0.25, 0.3) is 0 Å². The van der Waals surface area contributed by atoms with E-state index in [1.54, 1.807) is 33.9 Å². The minimum atomic E-state index is 0.0358. The van der Waals surface area contributed by atoms with Gasteiger partial charge in [0.2, 0.25) is 0 Å². The molecule has 4 rings (SSSR count). The molecule has 4 heteroatoms. The molecule has 146 valence electrons. The van der Waals surface area contributed by atoms with E-state index in [0.717, 1.165) is 22.3 Å². The van der Waals surface area contributed by atoms with Crippen LogP contribution in [0.3, 0.4) is 0 Å². The third-order valence-corrected chi connectivity index (χ3v) is 4.96. The van der Waals surface area contributed by atoms with Crippen molar-refractivity contribution < 1.29 is 18.7 Å². The summed E-state index contributed by atoms with van der Waals surface area (Å²) in [6.07, 6.45) is 7.76. The lowest BCUT2D eigenvalue weighted by Gasteiger charge is -2.05. The Balaban J connectivity index is 1.41. The largest absolute Gasteiger partial charge is 0.396 e. The predicted molar refractivity (Wildman–Crippen MR) is 114 cm³/mol. The first-order chi connectivity index (χ1) is 14.7. The number of hydrogen-bond donors (Lipinski definition) is 0. The quantitative estimate of drug-likeness (QED) is 0.485. The van der Waals surface area contributed by atoms with Crippen LogP contribution >= 0.6 is 0 Å². The maximum absolute atomic E-state index is 12.3. The Hall–Kier alpha value is -3.92. The lowest BCUT2D eigenvalue weighted by Crippen LogP contribution is -2.42. The molecule has 2 aromatic carbocycles. The van der Waals surface area contributed by atoms with Crippen molar-refractivity contribution in [1.29, 1.82) is 0 Å². The number of hydrogen-bond acceptors (Lipinski definition) is 2. The first kappa shape index (κ1) is 19.4. The van der Waals surface area contributed by atoms with Gasteiger partial charge < -0.3 is 0 Å². The van der Waals surface area contributed by atoms with Crippen molar-refractivity contribution in [2.24, 2.45) is 0 Å². The number of aromatic nitrogens is 2. The van der Waals surface area contributed by atoms with E-state index in [1.165, 1.54) is 0 Å². The molecule has 0 N–H and O–H groups in total. The van der Waals surface area contributed by atoms with Gasteiger partial charge in [0, 0.05) is 24.3 Å². The highest BCUT2D eigenvalue weighted by atomic mass is 16.2. The van der Waals surface area contributed by atoms with Crippen LogP contribution < -0.4 is 9.13 Å². The molecule has 0 spiro atoms. The fraction of sp³-hybridized carbons (Fsp3) is 0.0769. The molecule has 2 aromatic heterocycles. The van der Waals surface area contributed by atoms with Crippen molar-refractivity contribution in [3.05, 3.63) is 121 Å². The summed E-state index contributed by atoms with van der Waals surface area (Å²) in [5, 5.41) is 0. The molecular formula is C26H22N2O2+2. The monoisotopic (exact) mass is 394 g/mol. The zero-order chi connectivity index (χ0) is 20.8. The van der Waals surface area contributed by atoms with E-state index >= 15 is 0 Å². The maximum Gasteiger partial charge on any atom is 0.396 e. The molecule has 0 atom stereocenters. The number of carbonyl (C=O) groups is 2. The van der Waals surface area contributed by atoms with Gasteiger partial charge in [-0.3, -0.25) is 0 Å². The minimum Gasteiger partial charge on any atom is -0.219 e. The van der Waals surface area contributed by atoms with E-state index in [-0.39, 0.29) is 11.8 Å². The maximum atomic E-state index is 12.3. The highest BCUT2D eigenvalue weighted by molar-refractivity contribution is 5.72. The van der Waals surface area contributed by atoms with Gasteiger partial charge in [-0.1, -0.05) is 60.7 Å². The van der Waals surface area contributed by atoms with Crippen LogP contribution in [0.2, 0.25) is 0 Å². The van der Waals surface area contributed by atoms with Gasteiger partial charge in [-0.05, 0) is 22.3 Å². The molecule has 0 saturated carbocycles. The molecule has 0 aliphatic rings. The van der Waals surface area contributed by atoms with E-state index in [1.807, 2.05) is 84.9 Å². The average Bonchev–Trinajstić information content (AvgIpc) is 2.81. The summed E-state index contributed by atoms with van der Waals surface area (Å²) >= 11 is 0. The molecule has 0 fully saturated rings. The van der Waals surface area contributed by atoms with Crippen LogP contribution in [0.5, 0.6) is 0 Å². The number of pyridine rings is 2. The van der Waals surface area contributed by atoms with Gasteiger partial charge >= 0.3 is 11.8 Å². The van der Waals surface area contributed by atoms with Crippen molar-refractivity contribution in [3.63, 3.8) is 0 Å². The Bertz CT molecular complexity index is 1040. The van der Waals surface area contributed by atoms with Crippen LogP contribution in [-0.2, 0) is 12.8 Å². The van der Waals surface area contributed by atoms with Crippen molar-refractivity contribution >= 4 is 11.8 Å². The Morgan fingerprint density at radius 1 is 0.500 bits per heavy atom. The molecule has 2 heterocycles. The molecule has 0 amide bonds. The summed E-state index contributed by atoms with van der Waals surface area (Å²) in [4.78, 5) is 24.7. The molecule has 0 unspecified atom stereocenters. The summed E-state index contributed by atoms with van der Waals surface area (Å²) in [7, 11) is 0. The lowest BCUT2D eigenvalue weighted by atomic mass is 10.0. The third kappa shape index (κ3) is 4.73. The van der Waals surface area contributed by atoms with E-state index < -0.39 is 0 Å². The molecule has 0 aliphatic carbocycles.